The molecule has 11 nitrogen and oxygen atoms in total. The van der Waals surface area contributed by atoms with Gasteiger partial charge in [0.05, 0.1) is 46.1 Å². The molecule has 0 saturated carbocycles. The van der Waals surface area contributed by atoms with Gasteiger partial charge in [0.2, 0.25) is 0 Å². The zero-order valence-corrected chi connectivity index (χ0v) is 35.6. The molecular weight excluding hydrogens is 846 g/mol. The minimum absolute atomic E-state index is 0.0204. The molecule has 2 heterocycles. The number of anilines is 2. The van der Waals surface area contributed by atoms with Crippen LogP contribution in [0.2, 0.25) is 10.0 Å². The number of halogens is 4. The standard InChI is InChI=1S/C29H24ClFN4O4S.C16H16ClFN2O/c1-40(36,37)12-11-32-16-23-7-10-27(39-23)20-5-8-26-24(14-20)29(34-18-33-26)35-22-6-9-28(25(30)15-22)38-17-19-3-2-4-21(31)13-19;1-20(2)11-19-14-6-7-16(15(17)9-14)21-10-12-4-3-5-13(18)8-12/h2-10,13-16,18H,11-12,17H2,1H3,(H,33,34,35);3-9,11H,10H2,1-2H3. The van der Waals surface area contributed by atoms with Gasteiger partial charge in [-0.1, -0.05) is 47.5 Å². The van der Waals surface area contributed by atoms with Crippen LogP contribution in [0.1, 0.15) is 16.9 Å². The molecule has 7 aromatic rings. The summed E-state index contributed by atoms with van der Waals surface area (Å²) in [6, 6.07) is 32.3. The molecule has 61 heavy (non-hydrogen) atoms. The molecule has 0 bridgehead atoms. The summed E-state index contributed by atoms with van der Waals surface area (Å²) in [5.41, 5.74) is 4.42. The van der Waals surface area contributed by atoms with Crippen molar-refractivity contribution in [2.75, 3.05) is 38.0 Å². The fourth-order valence-corrected chi connectivity index (χ4v) is 6.44. The summed E-state index contributed by atoms with van der Waals surface area (Å²) < 4.78 is 66.3. The van der Waals surface area contributed by atoms with E-state index in [1.807, 2.05) is 55.4 Å². The molecule has 16 heteroatoms. The Kier molecular flexibility index (Phi) is 15.0. The number of nitrogens with one attached hydrogen (secondary N) is 1. The van der Waals surface area contributed by atoms with E-state index >= 15 is 0 Å². The van der Waals surface area contributed by atoms with Crippen LogP contribution in [0.5, 0.6) is 11.5 Å². The molecule has 5 aromatic carbocycles. The topological polar surface area (TPSA) is 132 Å². The SMILES string of the molecule is CN(C)C=Nc1ccc(OCc2cccc(F)c2)c(Cl)c1.CS(=O)(=O)CCN=Cc1ccc(-c2ccc3ncnc(Nc4ccc(OCc5cccc(F)c5)c(Cl)c4)c3c2)o1. The van der Waals surface area contributed by atoms with Gasteiger partial charge in [-0.2, -0.15) is 0 Å². The average Bonchev–Trinajstić information content (AvgIpc) is 3.70. The second-order valence-electron chi connectivity index (χ2n) is 13.8. The molecule has 0 spiro atoms. The molecule has 0 radical (unpaired) electrons. The second kappa shape index (κ2) is 20.8. The lowest BCUT2D eigenvalue weighted by atomic mass is 10.1. The smallest absolute Gasteiger partial charge is 0.149 e. The van der Waals surface area contributed by atoms with Gasteiger partial charge in [-0.15, -0.1) is 0 Å². The van der Waals surface area contributed by atoms with Crippen LogP contribution in [0.25, 0.3) is 22.2 Å². The van der Waals surface area contributed by atoms with Crippen LogP contribution < -0.4 is 14.8 Å². The lowest BCUT2D eigenvalue weighted by Gasteiger charge is -2.12. The van der Waals surface area contributed by atoms with E-state index in [9.17, 15) is 17.2 Å². The van der Waals surface area contributed by atoms with Crippen LogP contribution in [0, 0.1) is 11.6 Å². The zero-order chi connectivity index (χ0) is 43.4. The van der Waals surface area contributed by atoms with Gasteiger partial charge in [-0.25, -0.2) is 32.2 Å². The van der Waals surface area contributed by atoms with Crippen LogP contribution in [0.15, 0.2) is 136 Å². The molecule has 1 N–H and O–H groups in total. The van der Waals surface area contributed by atoms with Gasteiger partial charge < -0.3 is 24.1 Å². The minimum Gasteiger partial charge on any atom is -0.487 e. The quantitative estimate of drug-likeness (QED) is 0.0789. The van der Waals surface area contributed by atoms with E-state index in [4.69, 9.17) is 37.1 Å². The highest BCUT2D eigenvalue weighted by molar-refractivity contribution is 7.90. The van der Waals surface area contributed by atoms with E-state index in [2.05, 4.69) is 25.3 Å². The molecule has 7 rings (SSSR count). The second-order valence-corrected chi connectivity index (χ2v) is 16.8. The molecule has 0 unspecified atom stereocenters. The number of furan rings is 1. The van der Waals surface area contributed by atoms with Gasteiger partial charge in [0, 0.05) is 37.0 Å². The van der Waals surface area contributed by atoms with Crippen molar-refractivity contribution in [2.45, 2.75) is 13.2 Å². The van der Waals surface area contributed by atoms with Crippen molar-refractivity contribution in [3.63, 3.8) is 0 Å². The first kappa shape index (κ1) is 44.2. The number of benzene rings is 5. The van der Waals surface area contributed by atoms with E-state index in [0.717, 1.165) is 27.7 Å². The summed E-state index contributed by atoms with van der Waals surface area (Å²) in [4.78, 5) is 19.0. The van der Waals surface area contributed by atoms with Gasteiger partial charge in [0.25, 0.3) is 0 Å². The third-order valence-electron chi connectivity index (χ3n) is 8.47. The summed E-state index contributed by atoms with van der Waals surface area (Å²) in [7, 11) is 0.711. The third-order valence-corrected chi connectivity index (χ3v) is 9.99. The summed E-state index contributed by atoms with van der Waals surface area (Å²) in [5, 5.41) is 4.91. The minimum atomic E-state index is -3.07. The normalized spacial score (nSPS) is 11.5. The fourth-order valence-electron chi connectivity index (χ4n) is 5.54. The Hall–Kier alpha value is -6.35. The predicted molar refractivity (Wildman–Crippen MR) is 239 cm³/mol. The van der Waals surface area contributed by atoms with E-state index in [1.54, 1.807) is 60.9 Å². The molecule has 0 atom stereocenters. The third kappa shape index (κ3) is 13.6. The maximum absolute atomic E-state index is 13.4. The van der Waals surface area contributed by atoms with Gasteiger partial charge in [-0.3, -0.25) is 4.99 Å². The number of ether oxygens (including phenoxy) is 2. The van der Waals surface area contributed by atoms with Crippen molar-refractivity contribution in [1.82, 2.24) is 14.9 Å². The molecular formula is C45H40Cl2F2N6O5S. The van der Waals surface area contributed by atoms with Crippen molar-refractivity contribution in [3.8, 4) is 22.8 Å². The number of sulfone groups is 1. The maximum Gasteiger partial charge on any atom is 0.149 e. The molecule has 2 aromatic heterocycles. The fraction of sp³-hybridized carbons (Fsp3) is 0.156. The van der Waals surface area contributed by atoms with Gasteiger partial charge in [0.15, 0.2) is 0 Å². The number of aliphatic imine (C=N–C) groups is 2. The molecule has 0 aliphatic rings. The van der Waals surface area contributed by atoms with Crippen molar-refractivity contribution in [3.05, 3.63) is 160 Å². The predicted octanol–water partition coefficient (Wildman–Crippen LogP) is 10.7. The van der Waals surface area contributed by atoms with E-state index < -0.39 is 9.84 Å². The number of nitrogens with zero attached hydrogens (tertiary/aromatic N) is 5. The molecule has 0 amide bonds. The van der Waals surface area contributed by atoms with Crippen LogP contribution >= 0.6 is 23.2 Å². The van der Waals surface area contributed by atoms with Gasteiger partial charge in [-0.05, 0) is 102 Å². The summed E-state index contributed by atoms with van der Waals surface area (Å²) in [5.74, 6) is 2.10. The Bertz CT molecular complexity index is 2790. The van der Waals surface area contributed by atoms with E-state index in [0.29, 0.717) is 50.1 Å². The first-order valence-corrected chi connectivity index (χ1v) is 21.4. The Morgan fingerprint density at radius 2 is 1.48 bits per heavy atom. The van der Waals surface area contributed by atoms with Crippen molar-refractivity contribution in [2.24, 2.45) is 9.98 Å². The molecule has 314 valence electrons. The first-order chi connectivity index (χ1) is 29.3. The summed E-state index contributed by atoms with van der Waals surface area (Å²) in [6.45, 7) is 0.615. The number of rotatable bonds is 15. The van der Waals surface area contributed by atoms with Crippen LogP contribution in [0.3, 0.4) is 0 Å². The van der Waals surface area contributed by atoms with Crippen LogP contribution in [0.4, 0.5) is 26.0 Å². The molecule has 0 aliphatic carbocycles. The van der Waals surface area contributed by atoms with Crippen molar-refractivity contribution < 1.29 is 31.1 Å². The van der Waals surface area contributed by atoms with E-state index in [1.165, 1.54) is 43.1 Å². The lowest BCUT2D eigenvalue weighted by Crippen LogP contribution is -2.06. The van der Waals surface area contributed by atoms with Gasteiger partial charge >= 0.3 is 0 Å². The van der Waals surface area contributed by atoms with E-state index in [-0.39, 0.29) is 37.1 Å². The van der Waals surface area contributed by atoms with Crippen molar-refractivity contribution >= 4 is 73.7 Å². The maximum atomic E-state index is 13.4. The average molecular weight is 886 g/mol. The number of hydrogen-bond donors (Lipinski definition) is 1. The monoisotopic (exact) mass is 884 g/mol. The Labute approximate surface area is 362 Å². The highest BCUT2D eigenvalue weighted by atomic mass is 35.5. The lowest BCUT2D eigenvalue weighted by molar-refractivity contribution is 0.306. The Balaban J connectivity index is 0.000000249. The molecule has 0 aliphatic heterocycles. The largest absolute Gasteiger partial charge is 0.487 e. The van der Waals surface area contributed by atoms with Crippen molar-refractivity contribution in [1.29, 1.82) is 0 Å². The van der Waals surface area contributed by atoms with Crippen LogP contribution in [-0.2, 0) is 23.1 Å². The number of hydrogen-bond acceptors (Lipinski definition) is 10. The molecule has 0 saturated heterocycles. The molecule has 0 fully saturated rings. The summed E-state index contributed by atoms with van der Waals surface area (Å²) in [6.07, 6.45) is 5.86. The highest BCUT2D eigenvalue weighted by Crippen LogP contribution is 2.33. The zero-order valence-electron chi connectivity index (χ0n) is 33.2. The first-order valence-electron chi connectivity index (χ1n) is 18.6. The summed E-state index contributed by atoms with van der Waals surface area (Å²) >= 11 is 12.6. The van der Waals surface area contributed by atoms with Crippen LogP contribution in [-0.4, -0.2) is 68.5 Å². The van der Waals surface area contributed by atoms with Gasteiger partial charge in [0.1, 0.15) is 69.9 Å². The number of aromatic nitrogens is 2. The number of fused-ring (bicyclic) bond motifs is 1. The highest BCUT2D eigenvalue weighted by Gasteiger charge is 2.12. The Morgan fingerprint density at radius 1 is 0.803 bits per heavy atom. The Morgan fingerprint density at radius 3 is 2.10 bits per heavy atom.